The SMILES string of the molecule is CN1CCC2(CC1)OC[C@H](C(=O)O)N2C(=O)c1ccc(F)cc1F. The summed E-state index contributed by atoms with van der Waals surface area (Å²) < 4.78 is 32.8. The largest absolute Gasteiger partial charge is 0.480 e. The van der Waals surface area contributed by atoms with Gasteiger partial charge in [0, 0.05) is 32.0 Å². The van der Waals surface area contributed by atoms with Crippen molar-refractivity contribution in [3.63, 3.8) is 0 Å². The number of piperidine rings is 1. The van der Waals surface area contributed by atoms with Crippen LogP contribution < -0.4 is 0 Å². The fourth-order valence-electron chi connectivity index (χ4n) is 3.32. The molecule has 2 fully saturated rings. The van der Waals surface area contributed by atoms with Crippen LogP contribution in [0.1, 0.15) is 23.2 Å². The van der Waals surface area contributed by atoms with Gasteiger partial charge in [-0.2, -0.15) is 0 Å². The summed E-state index contributed by atoms with van der Waals surface area (Å²) in [5.74, 6) is -3.81. The molecule has 0 aromatic heterocycles. The number of aliphatic carboxylic acids is 1. The van der Waals surface area contributed by atoms with Gasteiger partial charge in [0.05, 0.1) is 12.2 Å². The summed E-state index contributed by atoms with van der Waals surface area (Å²) in [5.41, 5.74) is -1.42. The van der Waals surface area contributed by atoms with Gasteiger partial charge in [-0.25, -0.2) is 13.6 Å². The topological polar surface area (TPSA) is 70.1 Å². The minimum Gasteiger partial charge on any atom is -0.480 e. The summed E-state index contributed by atoms with van der Waals surface area (Å²) in [7, 11) is 1.92. The van der Waals surface area contributed by atoms with E-state index in [0.717, 1.165) is 17.0 Å². The van der Waals surface area contributed by atoms with Gasteiger partial charge in [0.15, 0.2) is 6.04 Å². The first kappa shape index (κ1) is 16.8. The van der Waals surface area contributed by atoms with E-state index in [4.69, 9.17) is 4.74 Å². The molecule has 0 unspecified atom stereocenters. The highest BCUT2D eigenvalue weighted by molar-refractivity contribution is 5.97. The first-order chi connectivity index (χ1) is 11.3. The predicted octanol–water partition coefficient (Wildman–Crippen LogP) is 1.31. The molecule has 2 heterocycles. The first-order valence-corrected chi connectivity index (χ1v) is 7.68. The van der Waals surface area contributed by atoms with Gasteiger partial charge in [-0.05, 0) is 19.2 Å². The molecule has 24 heavy (non-hydrogen) atoms. The summed E-state index contributed by atoms with van der Waals surface area (Å²) in [6.45, 7) is 1.11. The fourth-order valence-corrected chi connectivity index (χ4v) is 3.32. The number of nitrogens with zero attached hydrogens (tertiary/aromatic N) is 2. The van der Waals surface area contributed by atoms with Crippen LogP contribution in [0, 0.1) is 11.6 Å². The highest BCUT2D eigenvalue weighted by Gasteiger charge is 2.54. The van der Waals surface area contributed by atoms with Crippen LogP contribution in [0.4, 0.5) is 8.78 Å². The van der Waals surface area contributed by atoms with E-state index in [1.165, 1.54) is 0 Å². The van der Waals surface area contributed by atoms with Crippen molar-refractivity contribution >= 4 is 11.9 Å². The van der Waals surface area contributed by atoms with Crippen molar-refractivity contribution in [2.24, 2.45) is 0 Å². The van der Waals surface area contributed by atoms with Crippen molar-refractivity contribution in [2.45, 2.75) is 24.6 Å². The number of likely N-dealkylation sites (tertiary alicyclic amines) is 1. The average Bonchev–Trinajstić information content (AvgIpc) is 2.89. The second-order valence-corrected chi connectivity index (χ2v) is 6.21. The van der Waals surface area contributed by atoms with Gasteiger partial charge in [0.2, 0.25) is 0 Å². The summed E-state index contributed by atoms with van der Waals surface area (Å²) >= 11 is 0. The summed E-state index contributed by atoms with van der Waals surface area (Å²) in [6, 6.07) is 1.43. The zero-order valence-corrected chi connectivity index (χ0v) is 13.2. The van der Waals surface area contributed by atoms with Gasteiger partial charge >= 0.3 is 5.97 Å². The lowest BCUT2D eigenvalue weighted by Crippen LogP contribution is -2.57. The molecule has 1 amide bonds. The van der Waals surface area contributed by atoms with Crippen molar-refractivity contribution in [2.75, 3.05) is 26.7 Å². The number of hydrogen-bond donors (Lipinski definition) is 1. The maximum atomic E-state index is 14.0. The van der Waals surface area contributed by atoms with Crippen LogP contribution in [0.15, 0.2) is 18.2 Å². The van der Waals surface area contributed by atoms with Crippen molar-refractivity contribution in [3.05, 3.63) is 35.4 Å². The number of carboxylic acid groups (broad SMARTS) is 1. The number of carbonyl (C=O) groups is 2. The number of hydrogen-bond acceptors (Lipinski definition) is 4. The van der Waals surface area contributed by atoms with Crippen LogP contribution in [0.25, 0.3) is 0 Å². The van der Waals surface area contributed by atoms with Gasteiger partial charge in [-0.1, -0.05) is 0 Å². The number of halogens is 2. The van der Waals surface area contributed by atoms with Crippen LogP contribution in [0.5, 0.6) is 0 Å². The molecule has 1 aromatic rings. The molecule has 1 N–H and O–H groups in total. The van der Waals surface area contributed by atoms with Crippen LogP contribution >= 0.6 is 0 Å². The highest BCUT2D eigenvalue weighted by atomic mass is 19.1. The Morgan fingerprint density at radius 1 is 1.29 bits per heavy atom. The van der Waals surface area contributed by atoms with Crippen molar-refractivity contribution in [1.29, 1.82) is 0 Å². The fraction of sp³-hybridized carbons (Fsp3) is 0.500. The molecule has 0 aliphatic carbocycles. The van der Waals surface area contributed by atoms with Crippen molar-refractivity contribution in [1.82, 2.24) is 9.80 Å². The van der Waals surface area contributed by atoms with Gasteiger partial charge in [0.25, 0.3) is 5.91 Å². The summed E-state index contributed by atoms with van der Waals surface area (Å²) in [4.78, 5) is 27.6. The Bertz CT molecular complexity index is 674. The molecule has 1 aromatic carbocycles. The van der Waals surface area contributed by atoms with Crippen LogP contribution in [-0.4, -0.2) is 65.3 Å². The third-order valence-corrected chi connectivity index (χ3v) is 4.69. The summed E-state index contributed by atoms with van der Waals surface area (Å²) in [5, 5.41) is 9.42. The van der Waals surface area contributed by atoms with Crippen LogP contribution in [-0.2, 0) is 9.53 Å². The Morgan fingerprint density at radius 2 is 1.96 bits per heavy atom. The van der Waals surface area contributed by atoms with Crippen molar-refractivity contribution < 1.29 is 28.2 Å². The Kier molecular flexibility index (Phi) is 4.27. The molecule has 1 atom stereocenters. The molecule has 0 bridgehead atoms. The quantitative estimate of drug-likeness (QED) is 0.879. The van der Waals surface area contributed by atoms with Crippen LogP contribution in [0.2, 0.25) is 0 Å². The van der Waals surface area contributed by atoms with E-state index in [9.17, 15) is 23.5 Å². The smallest absolute Gasteiger partial charge is 0.328 e. The third kappa shape index (κ3) is 2.76. The number of ether oxygens (including phenoxy) is 1. The minimum atomic E-state index is -1.21. The highest BCUT2D eigenvalue weighted by Crippen LogP contribution is 2.38. The second-order valence-electron chi connectivity index (χ2n) is 6.21. The normalized spacial score (nSPS) is 23.6. The Balaban J connectivity index is 1.98. The van der Waals surface area contributed by atoms with E-state index in [1.807, 2.05) is 11.9 Å². The average molecular weight is 340 g/mol. The maximum Gasteiger partial charge on any atom is 0.328 e. The van der Waals surface area contributed by atoms with Crippen molar-refractivity contribution in [3.8, 4) is 0 Å². The standard InChI is InChI=1S/C16H18F2N2O4/c1-19-6-4-16(5-7-19)20(13(9-24-16)15(22)23)14(21)11-3-2-10(17)8-12(11)18/h2-3,8,13H,4-7,9H2,1H3,(H,22,23)/t13-/m1/s1. The zero-order valence-electron chi connectivity index (χ0n) is 13.2. The molecule has 0 saturated carbocycles. The number of carboxylic acids is 1. The van der Waals surface area contributed by atoms with E-state index in [-0.39, 0.29) is 12.2 Å². The first-order valence-electron chi connectivity index (χ1n) is 7.68. The molecule has 3 rings (SSSR count). The summed E-state index contributed by atoms with van der Waals surface area (Å²) in [6.07, 6.45) is 0.865. The minimum absolute atomic E-state index is 0.145. The lowest BCUT2D eigenvalue weighted by Gasteiger charge is -2.43. The monoisotopic (exact) mass is 340 g/mol. The maximum absolute atomic E-state index is 14.0. The van der Waals surface area contributed by atoms with Gasteiger partial charge in [0.1, 0.15) is 17.4 Å². The molecular formula is C16H18F2N2O4. The number of amides is 1. The molecule has 1 spiro atoms. The zero-order chi connectivity index (χ0) is 17.5. The number of carbonyl (C=O) groups excluding carboxylic acids is 1. The van der Waals surface area contributed by atoms with Crippen LogP contribution in [0.3, 0.4) is 0 Å². The number of rotatable bonds is 2. The Morgan fingerprint density at radius 3 is 2.54 bits per heavy atom. The van der Waals surface area contributed by atoms with E-state index < -0.39 is 35.3 Å². The molecule has 2 saturated heterocycles. The predicted molar refractivity (Wildman–Crippen MR) is 79.4 cm³/mol. The lowest BCUT2D eigenvalue weighted by atomic mass is 9.97. The lowest BCUT2D eigenvalue weighted by molar-refractivity contribution is -0.143. The number of benzene rings is 1. The second kappa shape index (κ2) is 6.10. The molecule has 130 valence electrons. The molecule has 2 aliphatic rings. The van der Waals surface area contributed by atoms with E-state index >= 15 is 0 Å². The third-order valence-electron chi connectivity index (χ3n) is 4.69. The van der Waals surface area contributed by atoms with Gasteiger partial charge in [-0.3, -0.25) is 9.69 Å². The van der Waals surface area contributed by atoms with E-state index in [2.05, 4.69) is 0 Å². The Hall–Kier alpha value is -2.06. The van der Waals surface area contributed by atoms with E-state index in [0.29, 0.717) is 32.0 Å². The molecule has 6 nitrogen and oxygen atoms in total. The van der Waals surface area contributed by atoms with E-state index in [1.54, 1.807) is 0 Å². The Labute approximate surface area is 137 Å². The van der Waals surface area contributed by atoms with Gasteiger partial charge < -0.3 is 14.7 Å². The molecule has 2 aliphatic heterocycles. The van der Waals surface area contributed by atoms with Gasteiger partial charge in [-0.15, -0.1) is 0 Å². The molecule has 0 radical (unpaired) electrons. The molecule has 8 heteroatoms. The molecular weight excluding hydrogens is 322 g/mol.